The van der Waals surface area contributed by atoms with Gasteiger partial charge in [-0.2, -0.15) is 9.97 Å². The molecule has 12 heteroatoms. The maximum atomic E-state index is 16.9. The summed E-state index contributed by atoms with van der Waals surface area (Å²) < 4.78 is 74.9. The lowest BCUT2D eigenvalue weighted by Crippen LogP contribution is -2.51. The summed E-state index contributed by atoms with van der Waals surface area (Å²) in [6.45, 7) is 2.36. The summed E-state index contributed by atoms with van der Waals surface area (Å²) in [6, 6.07) is 6.92. The van der Waals surface area contributed by atoms with Crippen LogP contribution in [0.1, 0.15) is 32.1 Å². The number of aromatic hydroxyl groups is 1. The molecule has 5 heterocycles. The summed E-state index contributed by atoms with van der Waals surface area (Å²) in [4.78, 5) is 13.3. The summed E-state index contributed by atoms with van der Waals surface area (Å²) in [5.74, 6) is -3.12. The van der Waals surface area contributed by atoms with Crippen LogP contribution in [0, 0.1) is 17.5 Å². The third-order valence-electron chi connectivity index (χ3n) is 10.1. The molecule has 4 atom stereocenters. The highest BCUT2D eigenvalue weighted by Gasteiger charge is 2.49. The van der Waals surface area contributed by atoms with Crippen LogP contribution in [0.15, 0.2) is 30.3 Å². The highest BCUT2D eigenvalue weighted by Crippen LogP contribution is 2.47. The normalized spacial score (nSPS) is 26.2. The first-order valence-electron chi connectivity index (χ1n) is 15.5. The molecular formula is C33H33F4N5O3. The number of rotatable bonds is 6. The number of ether oxygens (including phenoxy) is 2. The SMILES string of the molecule is COc1c(F)c(-c2cc(O)cc3cccc(F)c23)c(F)c2nc(OC[C@@]34CCCN3C[C@H](F)C4)nc(N3CC4CCC(C3)N4)c12. The van der Waals surface area contributed by atoms with E-state index >= 15 is 13.2 Å². The second kappa shape index (κ2) is 10.6. The van der Waals surface area contributed by atoms with Crippen molar-refractivity contribution >= 4 is 27.5 Å². The molecule has 8 nitrogen and oxygen atoms in total. The summed E-state index contributed by atoms with van der Waals surface area (Å²) in [7, 11) is 1.28. The number of fused-ring (bicyclic) bond motifs is 5. The Hall–Kier alpha value is -3.90. The number of anilines is 1. The molecule has 0 amide bonds. The average Bonchev–Trinajstić information content (AvgIpc) is 3.66. The fourth-order valence-electron chi connectivity index (χ4n) is 8.14. The maximum absolute atomic E-state index is 16.9. The first-order valence-corrected chi connectivity index (χ1v) is 15.5. The minimum atomic E-state index is -1.06. The number of benzene rings is 3. The van der Waals surface area contributed by atoms with E-state index in [9.17, 15) is 9.50 Å². The van der Waals surface area contributed by atoms with Gasteiger partial charge in [-0.3, -0.25) is 4.90 Å². The van der Waals surface area contributed by atoms with Gasteiger partial charge in [0.15, 0.2) is 17.4 Å². The van der Waals surface area contributed by atoms with Crippen molar-refractivity contribution in [3.8, 4) is 28.6 Å². The Bertz CT molecular complexity index is 1830. The maximum Gasteiger partial charge on any atom is 0.319 e. The van der Waals surface area contributed by atoms with E-state index < -0.39 is 34.7 Å². The van der Waals surface area contributed by atoms with Crippen molar-refractivity contribution in [2.45, 2.75) is 55.9 Å². The van der Waals surface area contributed by atoms with E-state index in [1.54, 1.807) is 6.07 Å². The van der Waals surface area contributed by atoms with Gasteiger partial charge in [-0.25, -0.2) is 17.6 Å². The number of alkyl halides is 1. The number of phenolic OH excluding ortho intramolecular Hbond substituents is 1. The smallest absolute Gasteiger partial charge is 0.319 e. The molecule has 4 fully saturated rings. The molecule has 0 aliphatic carbocycles. The molecule has 2 unspecified atom stereocenters. The van der Waals surface area contributed by atoms with Crippen molar-refractivity contribution in [1.82, 2.24) is 20.2 Å². The van der Waals surface area contributed by atoms with Crippen molar-refractivity contribution in [2.75, 3.05) is 44.8 Å². The van der Waals surface area contributed by atoms with Gasteiger partial charge in [-0.05, 0) is 55.8 Å². The van der Waals surface area contributed by atoms with Gasteiger partial charge in [0.2, 0.25) is 0 Å². The van der Waals surface area contributed by atoms with Crippen molar-refractivity contribution in [1.29, 1.82) is 0 Å². The molecule has 4 aromatic rings. The van der Waals surface area contributed by atoms with Gasteiger partial charge in [0.1, 0.15) is 35.7 Å². The molecule has 3 aromatic carbocycles. The van der Waals surface area contributed by atoms with Crippen LogP contribution in [0.4, 0.5) is 23.4 Å². The van der Waals surface area contributed by atoms with Crippen molar-refractivity contribution in [3.63, 3.8) is 0 Å². The van der Waals surface area contributed by atoms with E-state index in [0.717, 1.165) is 38.3 Å². The molecule has 4 saturated heterocycles. The van der Waals surface area contributed by atoms with Crippen LogP contribution in [0.2, 0.25) is 0 Å². The van der Waals surface area contributed by atoms with E-state index in [4.69, 9.17) is 14.5 Å². The van der Waals surface area contributed by atoms with Crippen LogP contribution in [0.25, 0.3) is 32.8 Å². The van der Waals surface area contributed by atoms with Gasteiger partial charge in [-0.15, -0.1) is 0 Å². The fourth-order valence-corrected chi connectivity index (χ4v) is 8.14. The number of nitrogens with zero attached hydrogens (tertiary/aromatic N) is 4. The van der Waals surface area contributed by atoms with E-state index in [2.05, 4.69) is 15.2 Å². The number of hydrogen-bond donors (Lipinski definition) is 2. The summed E-state index contributed by atoms with van der Waals surface area (Å²) >= 11 is 0. The topological polar surface area (TPSA) is 83.0 Å². The predicted molar refractivity (Wildman–Crippen MR) is 161 cm³/mol. The first kappa shape index (κ1) is 28.6. The predicted octanol–water partition coefficient (Wildman–Crippen LogP) is 5.48. The van der Waals surface area contributed by atoms with Gasteiger partial charge in [0.25, 0.3) is 0 Å². The van der Waals surface area contributed by atoms with Crippen LogP contribution < -0.4 is 19.7 Å². The first-order chi connectivity index (χ1) is 21.7. The third kappa shape index (κ3) is 4.55. The number of hydrogen-bond acceptors (Lipinski definition) is 8. The lowest BCUT2D eigenvalue weighted by Gasteiger charge is -2.35. The van der Waals surface area contributed by atoms with Gasteiger partial charge in [0.05, 0.1) is 23.6 Å². The van der Waals surface area contributed by atoms with Gasteiger partial charge >= 0.3 is 6.01 Å². The molecule has 2 N–H and O–H groups in total. The molecule has 236 valence electrons. The van der Waals surface area contributed by atoms with Gasteiger partial charge in [-0.1, -0.05) is 12.1 Å². The van der Waals surface area contributed by atoms with Crippen molar-refractivity contribution < 1.29 is 32.1 Å². The Morgan fingerprint density at radius 1 is 1.04 bits per heavy atom. The number of phenols is 1. The Kier molecular flexibility index (Phi) is 6.72. The highest BCUT2D eigenvalue weighted by atomic mass is 19.1. The van der Waals surface area contributed by atoms with E-state index in [1.807, 2.05) is 4.90 Å². The van der Waals surface area contributed by atoms with Gasteiger partial charge in [0, 0.05) is 49.1 Å². The summed E-state index contributed by atoms with van der Waals surface area (Å²) in [6.07, 6.45) is 3.01. The largest absolute Gasteiger partial charge is 0.508 e. The zero-order valence-corrected chi connectivity index (χ0v) is 24.8. The molecule has 45 heavy (non-hydrogen) atoms. The van der Waals surface area contributed by atoms with Crippen molar-refractivity contribution in [3.05, 3.63) is 47.8 Å². The zero-order valence-electron chi connectivity index (χ0n) is 24.8. The molecule has 4 aliphatic heterocycles. The Labute approximate surface area is 256 Å². The number of piperazine rings is 1. The molecule has 2 bridgehead atoms. The molecular weight excluding hydrogens is 590 g/mol. The van der Waals surface area contributed by atoms with Crippen LogP contribution in [0.5, 0.6) is 17.5 Å². The molecule has 0 spiro atoms. The van der Waals surface area contributed by atoms with Gasteiger partial charge < -0.3 is 24.8 Å². The minimum absolute atomic E-state index is 0.0418. The number of halogens is 4. The zero-order chi connectivity index (χ0) is 31.0. The van der Waals surface area contributed by atoms with E-state index in [-0.39, 0.29) is 69.3 Å². The van der Waals surface area contributed by atoms with E-state index in [0.29, 0.717) is 26.1 Å². The van der Waals surface area contributed by atoms with Crippen molar-refractivity contribution in [2.24, 2.45) is 0 Å². The quantitative estimate of drug-likeness (QED) is 0.274. The molecule has 0 saturated carbocycles. The lowest BCUT2D eigenvalue weighted by molar-refractivity contribution is 0.107. The van der Waals surface area contributed by atoms with Crippen LogP contribution in [-0.2, 0) is 0 Å². The van der Waals surface area contributed by atoms with Crippen LogP contribution >= 0.6 is 0 Å². The minimum Gasteiger partial charge on any atom is -0.508 e. The fraction of sp³-hybridized carbons (Fsp3) is 0.455. The third-order valence-corrected chi connectivity index (χ3v) is 10.1. The average molecular weight is 624 g/mol. The van der Waals surface area contributed by atoms with Crippen LogP contribution in [-0.4, -0.2) is 83.7 Å². The molecule has 4 aliphatic rings. The van der Waals surface area contributed by atoms with Crippen LogP contribution in [0.3, 0.4) is 0 Å². The molecule has 0 radical (unpaired) electrons. The second-order valence-electron chi connectivity index (χ2n) is 12.8. The Morgan fingerprint density at radius 3 is 2.62 bits per heavy atom. The second-order valence-corrected chi connectivity index (χ2v) is 12.8. The lowest BCUT2D eigenvalue weighted by atomic mass is 9.94. The standard InChI is InChI=1S/C33H33F4N5O3/c1-44-30-26-29(27(36)25(28(30)37)22-11-21(43)10-17-4-2-5-23(35)24(17)22)39-32(40-31(26)41-14-19-6-7-20(15-41)38-19)45-16-33-8-3-9-42(33)13-18(34)12-33/h2,4-5,10-11,18-20,38,43H,3,6-9,12-16H2,1H3/t18-,19?,20?,33+/m1/s1. The molecule has 1 aromatic heterocycles. The number of nitrogens with one attached hydrogen (secondary N) is 1. The number of methoxy groups -OCH3 is 1. The Morgan fingerprint density at radius 2 is 1.84 bits per heavy atom. The summed E-state index contributed by atoms with van der Waals surface area (Å²) in [5.41, 5.74) is -1.51. The highest BCUT2D eigenvalue weighted by molar-refractivity contribution is 6.04. The monoisotopic (exact) mass is 623 g/mol. The summed E-state index contributed by atoms with van der Waals surface area (Å²) in [5, 5.41) is 14.3. The Balaban J connectivity index is 1.33. The molecule has 8 rings (SSSR count). The number of aromatic nitrogens is 2. The van der Waals surface area contributed by atoms with E-state index in [1.165, 1.54) is 25.3 Å².